The Morgan fingerprint density at radius 3 is 2.88 bits per heavy atom. The third-order valence-electron chi connectivity index (χ3n) is 3.01. The van der Waals surface area contributed by atoms with E-state index in [0.717, 1.165) is 12.0 Å². The summed E-state index contributed by atoms with van der Waals surface area (Å²) in [5.41, 5.74) is 10.3. The van der Waals surface area contributed by atoms with E-state index in [1.807, 2.05) is 19.1 Å². The molecule has 3 N–H and O–H groups in total. The molecule has 2 rings (SSSR count). The van der Waals surface area contributed by atoms with Crippen molar-refractivity contribution in [3.63, 3.8) is 0 Å². The van der Waals surface area contributed by atoms with Crippen LogP contribution in [0.4, 0.5) is 0 Å². The van der Waals surface area contributed by atoms with Gasteiger partial charge in [-0.1, -0.05) is 24.3 Å². The van der Waals surface area contributed by atoms with Gasteiger partial charge in [0.2, 0.25) is 0 Å². The van der Waals surface area contributed by atoms with E-state index in [0.29, 0.717) is 6.42 Å². The Balaban J connectivity index is 0.00000144. The van der Waals surface area contributed by atoms with Crippen molar-refractivity contribution in [3.8, 4) is 0 Å². The summed E-state index contributed by atoms with van der Waals surface area (Å²) in [6, 6.07) is 5.35. The first kappa shape index (κ1) is 13.8. The topological polar surface area (TPSA) is 63.3 Å². The average molecular weight is 251 g/mol. The van der Waals surface area contributed by atoms with Gasteiger partial charge in [-0.2, -0.15) is 13.5 Å². The van der Waals surface area contributed by atoms with Gasteiger partial charge in [-0.15, -0.1) is 0 Å². The van der Waals surface area contributed by atoms with Gasteiger partial charge in [-0.05, 0) is 42.0 Å². The summed E-state index contributed by atoms with van der Waals surface area (Å²) in [6.07, 6.45) is 3.38. The second-order valence-corrected chi connectivity index (χ2v) is 4.19. The summed E-state index contributed by atoms with van der Waals surface area (Å²) in [5, 5.41) is 8.81. The molecule has 0 saturated heterocycles. The summed E-state index contributed by atoms with van der Waals surface area (Å²) in [5.74, 6) is -0.942. The van der Waals surface area contributed by atoms with E-state index in [9.17, 15) is 4.79 Å². The minimum atomic E-state index is -0.942. The zero-order chi connectivity index (χ0) is 11.7. The molecule has 0 fully saturated rings. The molecule has 1 aliphatic rings. The molecular weight excluding hydrogens is 234 g/mol. The Hall–Kier alpha value is -1.26. The van der Waals surface area contributed by atoms with E-state index >= 15 is 0 Å². The molecule has 0 radical (unpaired) electrons. The Morgan fingerprint density at radius 2 is 2.24 bits per heavy atom. The van der Waals surface area contributed by atoms with Crippen molar-refractivity contribution in [2.45, 2.75) is 25.8 Å². The third-order valence-corrected chi connectivity index (χ3v) is 3.01. The molecule has 1 aromatic carbocycles. The summed E-state index contributed by atoms with van der Waals surface area (Å²) in [7, 11) is 0. The van der Waals surface area contributed by atoms with E-state index < -0.39 is 12.0 Å². The maximum atomic E-state index is 10.7. The monoisotopic (exact) mass is 251 g/mol. The molecule has 4 heteroatoms. The zero-order valence-electron chi connectivity index (χ0n) is 9.73. The van der Waals surface area contributed by atoms with Gasteiger partial charge < -0.3 is 10.8 Å². The van der Waals surface area contributed by atoms with E-state index in [2.05, 4.69) is 12.1 Å². The van der Waals surface area contributed by atoms with Gasteiger partial charge in [0.1, 0.15) is 6.04 Å². The summed E-state index contributed by atoms with van der Waals surface area (Å²) in [6.45, 7) is 2.05. The molecule has 92 valence electrons. The number of aliphatic carboxylic acids is 1. The van der Waals surface area contributed by atoms with Crippen LogP contribution < -0.4 is 5.73 Å². The number of benzene rings is 1. The number of hydrogen-bond donors (Lipinski definition) is 2. The Labute approximate surface area is 108 Å². The molecule has 0 aromatic heterocycles. The van der Waals surface area contributed by atoms with Crippen LogP contribution in [0.1, 0.15) is 23.1 Å². The molecular formula is C13H17NO2S. The SMILES string of the molecule is Cc1cccc2c1C(C[C@H](N)C(=O)O)=CC2.S. The lowest BCUT2D eigenvalue weighted by Gasteiger charge is -2.11. The number of carboxylic acid groups (broad SMARTS) is 1. The Bertz CT molecular complexity index is 468. The van der Waals surface area contributed by atoms with E-state index in [-0.39, 0.29) is 13.5 Å². The van der Waals surface area contributed by atoms with Crippen LogP contribution in [0.5, 0.6) is 0 Å². The lowest BCUT2D eigenvalue weighted by molar-refractivity contribution is -0.138. The van der Waals surface area contributed by atoms with Gasteiger partial charge >= 0.3 is 5.97 Å². The lowest BCUT2D eigenvalue weighted by atomic mass is 9.96. The number of carbonyl (C=O) groups is 1. The summed E-state index contributed by atoms with van der Waals surface area (Å²) < 4.78 is 0. The van der Waals surface area contributed by atoms with Crippen LogP contribution in [0.2, 0.25) is 0 Å². The number of rotatable bonds is 3. The van der Waals surface area contributed by atoms with E-state index in [4.69, 9.17) is 10.8 Å². The molecule has 0 amide bonds. The maximum absolute atomic E-state index is 10.7. The molecule has 1 aromatic rings. The van der Waals surface area contributed by atoms with Gasteiger partial charge in [0, 0.05) is 0 Å². The molecule has 0 heterocycles. The number of hydrogen-bond acceptors (Lipinski definition) is 2. The van der Waals surface area contributed by atoms with E-state index in [1.165, 1.54) is 16.7 Å². The van der Waals surface area contributed by atoms with Crippen molar-refractivity contribution in [1.82, 2.24) is 0 Å². The highest BCUT2D eigenvalue weighted by molar-refractivity contribution is 7.59. The van der Waals surface area contributed by atoms with Crippen molar-refractivity contribution >= 4 is 25.0 Å². The predicted molar refractivity (Wildman–Crippen MR) is 73.5 cm³/mol. The van der Waals surface area contributed by atoms with Crippen molar-refractivity contribution in [1.29, 1.82) is 0 Å². The lowest BCUT2D eigenvalue weighted by Crippen LogP contribution is -2.30. The van der Waals surface area contributed by atoms with Gasteiger partial charge in [0.05, 0.1) is 0 Å². The van der Waals surface area contributed by atoms with Crippen molar-refractivity contribution in [2.24, 2.45) is 5.73 Å². The fraction of sp³-hybridized carbons (Fsp3) is 0.308. The normalized spacial score (nSPS) is 14.6. The molecule has 17 heavy (non-hydrogen) atoms. The van der Waals surface area contributed by atoms with Crippen molar-refractivity contribution in [3.05, 3.63) is 41.0 Å². The average Bonchev–Trinajstić information content (AvgIpc) is 2.63. The molecule has 0 bridgehead atoms. The molecule has 0 aliphatic heterocycles. The molecule has 1 atom stereocenters. The van der Waals surface area contributed by atoms with Crippen LogP contribution in [-0.2, 0) is 11.2 Å². The van der Waals surface area contributed by atoms with Gasteiger partial charge in [-0.25, -0.2) is 0 Å². The summed E-state index contributed by atoms with van der Waals surface area (Å²) >= 11 is 0. The smallest absolute Gasteiger partial charge is 0.320 e. The highest BCUT2D eigenvalue weighted by Crippen LogP contribution is 2.32. The molecule has 0 unspecified atom stereocenters. The molecule has 3 nitrogen and oxygen atoms in total. The van der Waals surface area contributed by atoms with Gasteiger partial charge in [-0.3, -0.25) is 4.79 Å². The van der Waals surface area contributed by atoms with Crippen LogP contribution in [0.15, 0.2) is 24.3 Å². The number of carboxylic acids is 1. The van der Waals surface area contributed by atoms with Crippen LogP contribution in [0, 0.1) is 6.92 Å². The first-order valence-corrected chi connectivity index (χ1v) is 5.36. The second kappa shape index (κ2) is 5.38. The zero-order valence-corrected chi connectivity index (χ0v) is 10.7. The van der Waals surface area contributed by atoms with Crippen LogP contribution in [0.3, 0.4) is 0 Å². The molecule has 0 saturated carbocycles. The second-order valence-electron chi connectivity index (χ2n) is 4.19. The van der Waals surface area contributed by atoms with Crippen molar-refractivity contribution in [2.75, 3.05) is 0 Å². The third kappa shape index (κ3) is 2.70. The Morgan fingerprint density at radius 1 is 1.53 bits per heavy atom. The first-order valence-electron chi connectivity index (χ1n) is 5.36. The molecule has 0 spiro atoms. The minimum Gasteiger partial charge on any atom is -0.480 e. The first-order chi connectivity index (χ1) is 7.59. The predicted octanol–water partition coefficient (Wildman–Crippen LogP) is 1.85. The van der Waals surface area contributed by atoms with Crippen LogP contribution in [0.25, 0.3) is 5.57 Å². The quantitative estimate of drug-likeness (QED) is 0.861. The van der Waals surface area contributed by atoms with Crippen molar-refractivity contribution < 1.29 is 9.90 Å². The maximum Gasteiger partial charge on any atom is 0.320 e. The highest BCUT2D eigenvalue weighted by Gasteiger charge is 2.20. The Kier molecular flexibility index (Phi) is 4.37. The fourth-order valence-corrected chi connectivity index (χ4v) is 2.20. The molecule has 1 aliphatic carbocycles. The van der Waals surface area contributed by atoms with Crippen LogP contribution in [-0.4, -0.2) is 17.1 Å². The largest absolute Gasteiger partial charge is 0.480 e. The summed E-state index contributed by atoms with van der Waals surface area (Å²) in [4.78, 5) is 10.7. The highest BCUT2D eigenvalue weighted by atomic mass is 32.1. The number of allylic oxidation sites excluding steroid dienone is 1. The standard InChI is InChI=1S/C13H15NO2.H2S/c1-8-3-2-4-9-5-6-10(12(8)9)7-11(14)13(15)16;/h2-4,6,11H,5,7,14H2,1H3,(H,15,16);1H2/t11-;/m0./s1. The van der Waals surface area contributed by atoms with E-state index in [1.54, 1.807) is 0 Å². The number of fused-ring (bicyclic) bond motifs is 1. The number of nitrogens with two attached hydrogens (primary N) is 1. The van der Waals surface area contributed by atoms with Gasteiger partial charge in [0.15, 0.2) is 0 Å². The van der Waals surface area contributed by atoms with Gasteiger partial charge in [0.25, 0.3) is 0 Å². The fourth-order valence-electron chi connectivity index (χ4n) is 2.20. The minimum absolute atomic E-state index is 0. The number of aryl methyl sites for hydroxylation is 1. The van der Waals surface area contributed by atoms with Crippen LogP contribution >= 0.6 is 13.5 Å².